The molecule has 0 radical (unpaired) electrons. The van der Waals surface area contributed by atoms with Crippen LogP contribution in [-0.2, 0) is 29.0 Å². The second-order valence-corrected chi connectivity index (χ2v) is 12.6. The lowest BCUT2D eigenvalue weighted by atomic mass is 9.91. The number of nitrogens with zero attached hydrogens (tertiary/aromatic N) is 1. The van der Waals surface area contributed by atoms with Crippen LogP contribution < -0.4 is 0 Å². The lowest BCUT2D eigenvalue weighted by Gasteiger charge is -2.20. The average molecular weight is 550 g/mol. The van der Waals surface area contributed by atoms with E-state index in [-0.39, 0.29) is 46.9 Å². The van der Waals surface area contributed by atoms with Crippen molar-refractivity contribution in [1.82, 2.24) is 4.90 Å². The number of esters is 1. The van der Waals surface area contributed by atoms with Crippen molar-refractivity contribution in [2.24, 2.45) is 11.8 Å². The van der Waals surface area contributed by atoms with Gasteiger partial charge in [0.15, 0.2) is 0 Å². The van der Waals surface area contributed by atoms with Gasteiger partial charge in [-0.3, -0.25) is 9.59 Å². The Hall–Kier alpha value is -3.02. The molecule has 1 amide bonds. The van der Waals surface area contributed by atoms with Gasteiger partial charge >= 0.3 is 5.97 Å². The molecule has 1 heterocycles. The van der Waals surface area contributed by atoms with Crippen molar-refractivity contribution in [3.63, 3.8) is 0 Å². The molecule has 1 aliphatic carbocycles. The summed E-state index contributed by atoms with van der Waals surface area (Å²) in [4.78, 5) is 27.8. The minimum absolute atomic E-state index is 0.00810. The van der Waals surface area contributed by atoms with Crippen LogP contribution in [0.4, 0.5) is 0 Å². The largest absolute Gasteiger partial charge is 0.508 e. The summed E-state index contributed by atoms with van der Waals surface area (Å²) in [5.74, 6) is 0.142. The fourth-order valence-electron chi connectivity index (χ4n) is 6.21. The van der Waals surface area contributed by atoms with E-state index in [2.05, 4.69) is 32.0 Å². The number of carbonyl (C=O) groups is 2. The summed E-state index contributed by atoms with van der Waals surface area (Å²) in [5.41, 5.74) is 4.44. The molecule has 6 heteroatoms. The zero-order valence-corrected chi connectivity index (χ0v) is 24.7. The normalized spacial score (nSPS) is 16.1. The number of unbranched alkanes of at least 4 members (excludes halogenated alkanes) is 2. The maximum absolute atomic E-state index is 13.3. The third kappa shape index (κ3) is 7.58. The van der Waals surface area contributed by atoms with Gasteiger partial charge in [-0.1, -0.05) is 58.7 Å². The van der Waals surface area contributed by atoms with Gasteiger partial charge in [0.1, 0.15) is 17.6 Å². The summed E-state index contributed by atoms with van der Waals surface area (Å²) in [6.07, 6.45) is 10.4. The SMILES string of the molecule is CC(C)CC(CCCCCc1ccc2c(c1)CN(C(=O)c1cc(C(C)C)c(O)cc1O)C2)C(=O)OC1CCCC1. The Labute approximate surface area is 239 Å². The van der Waals surface area contributed by atoms with Crippen molar-refractivity contribution in [2.75, 3.05) is 0 Å². The van der Waals surface area contributed by atoms with Crippen molar-refractivity contribution in [1.29, 1.82) is 0 Å². The third-order valence-electron chi connectivity index (χ3n) is 8.47. The van der Waals surface area contributed by atoms with E-state index in [1.807, 2.05) is 13.8 Å². The van der Waals surface area contributed by atoms with Gasteiger partial charge in [-0.25, -0.2) is 0 Å². The zero-order chi connectivity index (χ0) is 28.8. The number of phenols is 2. The smallest absolute Gasteiger partial charge is 0.309 e. The summed E-state index contributed by atoms with van der Waals surface area (Å²) < 4.78 is 5.83. The van der Waals surface area contributed by atoms with E-state index in [4.69, 9.17) is 4.74 Å². The van der Waals surface area contributed by atoms with Crippen LogP contribution >= 0.6 is 0 Å². The fourth-order valence-corrected chi connectivity index (χ4v) is 6.21. The second kappa shape index (κ2) is 13.6. The van der Waals surface area contributed by atoms with Crippen LogP contribution in [0.3, 0.4) is 0 Å². The first-order valence-electron chi connectivity index (χ1n) is 15.3. The van der Waals surface area contributed by atoms with Crippen LogP contribution in [-0.4, -0.2) is 33.1 Å². The highest BCUT2D eigenvalue weighted by Crippen LogP contribution is 2.35. The maximum atomic E-state index is 13.3. The van der Waals surface area contributed by atoms with Crippen LogP contribution in [0.1, 0.15) is 124 Å². The molecule has 0 bridgehead atoms. The maximum Gasteiger partial charge on any atom is 0.309 e. The minimum Gasteiger partial charge on any atom is -0.508 e. The quantitative estimate of drug-likeness (QED) is 0.210. The standard InChI is InChI=1S/C34H47NO5/c1-22(2)16-25(34(39)40-28-12-8-9-13-28)11-7-5-6-10-24-14-15-26-20-35(21-27(26)17-24)33(38)30-18-29(23(3)4)31(36)19-32(30)37/h14-15,17-19,22-23,25,28,36-37H,5-13,16,20-21H2,1-4H3. The summed E-state index contributed by atoms with van der Waals surface area (Å²) in [6, 6.07) is 9.37. The van der Waals surface area contributed by atoms with Crippen LogP contribution in [0.15, 0.2) is 30.3 Å². The molecule has 1 fully saturated rings. The molecule has 4 rings (SSSR count). The van der Waals surface area contributed by atoms with Crippen LogP contribution in [0.25, 0.3) is 0 Å². The molecule has 1 aliphatic heterocycles. The highest BCUT2D eigenvalue weighted by molar-refractivity contribution is 5.97. The number of benzene rings is 2. The lowest BCUT2D eigenvalue weighted by Crippen LogP contribution is -2.25. The number of hydrogen-bond donors (Lipinski definition) is 2. The van der Waals surface area contributed by atoms with Crippen molar-refractivity contribution in [2.45, 2.75) is 117 Å². The Kier molecular flexibility index (Phi) is 10.2. The summed E-state index contributed by atoms with van der Waals surface area (Å²) in [5, 5.41) is 20.5. The van der Waals surface area contributed by atoms with E-state index in [0.717, 1.165) is 62.5 Å². The first-order chi connectivity index (χ1) is 19.1. The van der Waals surface area contributed by atoms with Crippen LogP contribution in [0.5, 0.6) is 11.5 Å². The van der Waals surface area contributed by atoms with Gasteiger partial charge in [-0.15, -0.1) is 0 Å². The van der Waals surface area contributed by atoms with Gasteiger partial charge in [-0.2, -0.15) is 0 Å². The topological polar surface area (TPSA) is 87.1 Å². The molecule has 218 valence electrons. The molecule has 2 aliphatic rings. The fraction of sp³-hybridized carbons (Fsp3) is 0.588. The van der Waals surface area contributed by atoms with Gasteiger partial charge in [0.25, 0.3) is 5.91 Å². The molecule has 2 N–H and O–H groups in total. The van der Waals surface area contributed by atoms with E-state index in [1.54, 1.807) is 11.0 Å². The molecule has 1 saturated carbocycles. The highest BCUT2D eigenvalue weighted by atomic mass is 16.5. The summed E-state index contributed by atoms with van der Waals surface area (Å²) in [6.45, 7) is 9.27. The predicted octanol–water partition coefficient (Wildman–Crippen LogP) is 7.63. The van der Waals surface area contributed by atoms with E-state index in [0.29, 0.717) is 24.6 Å². The third-order valence-corrected chi connectivity index (χ3v) is 8.47. The van der Waals surface area contributed by atoms with Crippen molar-refractivity contribution in [3.05, 3.63) is 58.1 Å². The van der Waals surface area contributed by atoms with Gasteiger partial charge in [-0.05, 0) is 91.5 Å². The molecule has 2 aromatic carbocycles. The van der Waals surface area contributed by atoms with E-state index in [1.165, 1.54) is 24.5 Å². The van der Waals surface area contributed by atoms with Crippen molar-refractivity contribution in [3.8, 4) is 11.5 Å². The molecule has 0 spiro atoms. The first-order valence-corrected chi connectivity index (χ1v) is 15.3. The highest BCUT2D eigenvalue weighted by Gasteiger charge is 2.28. The molecule has 2 aromatic rings. The number of amides is 1. The molecule has 0 saturated heterocycles. The number of hydrogen-bond acceptors (Lipinski definition) is 5. The molecule has 1 atom stereocenters. The molecule has 40 heavy (non-hydrogen) atoms. The summed E-state index contributed by atoms with van der Waals surface area (Å²) in [7, 11) is 0. The zero-order valence-electron chi connectivity index (χ0n) is 24.7. The van der Waals surface area contributed by atoms with E-state index < -0.39 is 0 Å². The first kappa shape index (κ1) is 30.0. The number of carbonyl (C=O) groups excluding carboxylic acids is 2. The van der Waals surface area contributed by atoms with Crippen molar-refractivity contribution >= 4 is 11.9 Å². The Morgan fingerprint density at radius 1 is 0.925 bits per heavy atom. The van der Waals surface area contributed by atoms with Crippen LogP contribution in [0.2, 0.25) is 0 Å². The molecule has 0 aromatic heterocycles. The number of fused-ring (bicyclic) bond motifs is 1. The number of phenolic OH excluding ortho intramolecular Hbond substituents is 2. The number of aromatic hydroxyl groups is 2. The minimum atomic E-state index is -0.223. The Bertz CT molecular complexity index is 1180. The van der Waals surface area contributed by atoms with Gasteiger partial charge in [0.2, 0.25) is 0 Å². The summed E-state index contributed by atoms with van der Waals surface area (Å²) >= 11 is 0. The number of rotatable bonds is 12. The van der Waals surface area contributed by atoms with Gasteiger partial charge in [0, 0.05) is 19.2 Å². The van der Waals surface area contributed by atoms with Gasteiger partial charge < -0.3 is 19.8 Å². The number of aryl methyl sites for hydroxylation is 1. The van der Waals surface area contributed by atoms with Crippen molar-refractivity contribution < 1.29 is 24.5 Å². The second-order valence-electron chi connectivity index (χ2n) is 12.6. The number of ether oxygens (including phenoxy) is 1. The average Bonchev–Trinajstić information content (AvgIpc) is 3.56. The van der Waals surface area contributed by atoms with E-state index >= 15 is 0 Å². The Morgan fingerprint density at radius 2 is 1.65 bits per heavy atom. The van der Waals surface area contributed by atoms with E-state index in [9.17, 15) is 19.8 Å². The molecular weight excluding hydrogens is 502 g/mol. The van der Waals surface area contributed by atoms with Crippen LogP contribution in [0, 0.1) is 11.8 Å². The Balaban J connectivity index is 1.27. The Morgan fingerprint density at radius 3 is 2.35 bits per heavy atom. The molecular formula is C34H47NO5. The predicted molar refractivity (Wildman–Crippen MR) is 157 cm³/mol. The molecule has 1 unspecified atom stereocenters. The molecule has 6 nitrogen and oxygen atoms in total. The van der Waals surface area contributed by atoms with Gasteiger partial charge in [0.05, 0.1) is 11.5 Å². The monoisotopic (exact) mass is 549 g/mol. The lowest BCUT2D eigenvalue weighted by molar-refractivity contribution is -0.154.